The van der Waals surface area contributed by atoms with Crippen molar-refractivity contribution < 1.29 is 4.74 Å². The van der Waals surface area contributed by atoms with Crippen LogP contribution >= 0.6 is 0 Å². The molecule has 0 radical (unpaired) electrons. The molecule has 1 unspecified atom stereocenters. The monoisotopic (exact) mass is 228 g/mol. The lowest BCUT2D eigenvalue weighted by molar-refractivity contribution is -0.0330. The van der Waals surface area contributed by atoms with E-state index in [-0.39, 0.29) is 11.0 Å². The Labute approximate surface area is 100 Å². The molecule has 1 rings (SSSR count). The zero-order valence-corrected chi connectivity index (χ0v) is 11.4. The van der Waals surface area contributed by atoms with Crippen LogP contribution in [0.5, 0.6) is 0 Å². The molecule has 96 valence electrons. The first-order valence-electron chi connectivity index (χ1n) is 6.45. The Morgan fingerprint density at radius 2 is 2.12 bits per heavy atom. The Morgan fingerprint density at radius 3 is 2.56 bits per heavy atom. The second-order valence-electron chi connectivity index (χ2n) is 5.88. The van der Waals surface area contributed by atoms with E-state index < -0.39 is 0 Å². The smallest absolute Gasteiger partial charge is 0.0546 e. The number of nitrogens with two attached hydrogens (primary N) is 1. The van der Waals surface area contributed by atoms with E-state index in [1.807, 2.05) is 0 Å². The van der Waals surface area contributed by atoms with Gasteiger partial charge in [0, 0.05) is 30.7 Å². The standard InChI is InChI=1S/C13H28N2O/c1-5-12(2,3)15(4)10-13(9-14)7-6-8-16-11-13/h5-11,14H2,1-4H3. The van der Waals surface area contributed by atoms with E-state index in [9.17, 15) is 0 Å². The van der Waals surface area contributed by atoms with Crippen molar-refractivity contribution >= 4 is 0 Å². The molecule has 16 heavy (non-hydrogen) atoms. The topological polar surface area (TPSA) is 38.5 Å². The fourth-order valence-electron chi connectivity index (χ4n) is 2.25. The highest BCUT2D eigenvalue weighted by Gasteiger charge is 2.35. The lowest BCUT2D eigenvalue weighted by atomic mass is 9.81. The summed E-state index contributed by atoms with van der Waals surface area (Å²) in [7, 11) is 2.20. The van der Waals surface area contributed by atoms with Crippen LogP contribution in [0.15, 0.2) is 0 Å². The van der Waals surface area contributed by atoms with Crippen LogP contribution in [0.1, 0.15) is 40.0 Å². The number of rotatable bonds is 5. The Bertz CT molecular complexity index is 210. The normalized spacial score (nSPS) is 27.4. The zero-order chi connectivity index (χ0) is 12.2. The van der Waals surface area contributed by atoms with E-state index in [2.05, 4.69) is 32.7 Å². The summed E-state index contributed by atoms with van der Waals surface area (Å²) in [4.78, 5) is 2.44. The van der Waals surface area contributed by atoms with Crippen LogP contribution in [-0.2, 0) is 4.74 Å². The van der Waals surface area contributed by atoms with Crippen LogP contribution in [-0.4, -0.2) is 43.8 Å². The first-order chi connectivity index (χ1) is 7.46. The maximum absolute atomic E-state index is 5.96. The van der Waals surface area contributed by atoms with E-state index >= 15 is 0 Å². The SMILES string of the molecule is CCC(C)(C)N(C)CC1(CN)CCCOC1. The molecule has 0 aromatic heterocycles. The first kappa shape index (κ1) is 13.9. The summed E-state index contributed by atoms with van der Waals surface area (Å²) in [6, 6.07) is 0. The molecule has 1 aliphatic rings. The van der Waals surface area contributed by atoms with Crippen LogP contribution < -0.4 is 5.73 Å². The molecule has 0 aromatic carbocycles. The summed E-state index contributed by atoms with van der Waals surface area (Å²) in [5.41, 5.74) is 6.39. The number of nitrogens with zero attached hydrogens (tertiary/aromatic N) is 1. The summed E-state index contributed by atoms with van der Waals surface area (Å²) in [5.74, 6) is 0. The summed E-state index contributed by atoms with van der Waals surface area (Å²) < 4.78 is 5.62. The average Bonchev–Trinajstić information content (AvgIpc) is 2.30. The molecule has 2 N–H and O–H groups in total. The van der Waals surface area contributed by atoms with E-state index in [1.165, 1.54) is 6.42 Å². The molecular formula is C13H28N2O. The van der Waals surface area contributed by atoms with Gasteiger partial charge in [-0.2, -0.15) is 0 Å². The third kappa shape index (κ3) is 3.19. The third-order valence-electron chi connectivity index (χ3n) is 4.31. The van der Waals surface area contributed by atoms with Gasteiger partial charge in [0.25, 0.3) is 0 Å². The number of hydrogen-bond donors (Lipinski definition) is 1. The average molecular weight is 228 g/mol. The van der Waals surface area contributed by atoms with Crippen molar-refractivity contribution in [3.05, 3.63) is 0 Å². The fraction of sp³-hybridized carbons (Fsp3) is 1.00. The molecule has 0 saturated carbocycles. The third-order valence-corrected chi connectivity index (χ3v) is 4.31. The molecule has 1 fully saturated rings. The molecule has 3 nitrogen and oxygen atoms in total. The van der Waals surface area contributed by atoms with Crippen molar-refractivity contribution in [1.82, 2.24) is 4.90 Å². The minimum absolute atomic E-state index is 0.180. The first-order valence-corrected chi connectivity index (χ1v) is 6.45. The van der Waals surface area contributed by atoms with Gasteiger partial charge in [0.2, 0.25) is 0 Å². The van der Waals surface area contributed by atoms with Gasteiger partial charge in [0.1, 0.15) is 0 Å². The van der Waals surface area contributed by atoms with Crippen LogP contribution in [0, 0.1) is 5.41 Å². The minimum atomic E-state index is 0.180. The molecule has 0 aromatic rings. The molecular weight excluding hydrogens is 200 g/mol. The lowest BCUT2D eigenvalue weighted by Crippen LogP contribution is -2.52. The maximum atomic E-state index is 5.96. The highest BCUT2D eigenvalue weighted by molar-refractivity contribution is 4.89. The van der Waals surface area contributed by atoms with Crippen LogP contribution in [0.4, 0.5) is 0 Å². The fourth-order valence-corrected chi connectivity index (χ4v) is 2.25. The van der Waals surface area contributed by atoms with Gasteiger partial charge < -0.3 is 15.4 Å². The Morgan fingerprint density at radius 1 is 1.44 bits per heavy atom. The molecule has 3 heteroatoms. The lowest BCUT2D eigenvalue weighted by Gasteiger charge is -2.44. The van der Waals surface area contributed by atoms with E-state index in [0.717, 1.165) is 39.1 Å². The van der Waals surface area contributed by atoms with Crippen LogP contribution in [0.25, 0.3) is 0 Å². The van der Waals surface area contributed by atoms with E-state index in [1.54, 1.807) is 0 Å². The summed E-state index contributed by atoms with van der Waals surface area (Å²) in [6.45, 7) is 10.3. The molecule has 0 spiro atoms. The van der Waals surface area contributed by atoms with Gasteiger partial charge in [-0.25, -0.2) is 0 Å². The van der Waals surface area contributed by atoms with Gasteiger partial charge in [-0.05, 0) is 40.2 Å². The molecule has 0 aliphatic carbocycles. The maximum Gasteiger partial charge on any atom is 0.0546 e. The van der Waals surface area contributed by atoms with Crippen molar-refractivity contribution in [2.24, 2.45) is 11.1 Å². The van der Waals surface area contributed by atoms with Crippen molar-refractivity contribution in [2.45, 2.75) is 45.6 Å². The minimum Gasteiger partial charge on any atom is -0.381 e. The quantitative estimate of drug-likeness (QED) is 0.780. The summed E-state index contributed by atoms with van der Waals surface area (Å²) in [6.07, 6.45) is 3.51. The Kier molecular flexibility index (Phi) is 4.77. The second kappa shape index (κ2) is 5.48. The van der Waals surface area contributed by atoms with Crippen LogP contribution in [0.3, 0.4) is 0 Å². The van der Waals surface area contributed by atoms with Gasteiger partial charge in [-0.1, -0.05) is 6.92 Å². The van der Waals surface area contributed by atoms with Gasteiger partial charge in [-0.15, -0.1) is 0 Å². The zero-order valence-electron chi connectivity index (χ0n) is 11.4. The highest BCUT2D eigenvalue weighted by atomic mass is 16.5. The largest absolute Gasteiger partial charge is 0.381 e. The highest BCUT2D eigenvalue weighted by Crippen LogP contribution is 2.31. The van der Waals surface area contributed by atoms with Crippen molar-refractivity contribution in [2.75, 3.05) is 33.4 Å². The van der Waals surface area contributed by atoms with Gasteiger partial charge in [-0.3, -0.25) is 0 Å². The van der Waals surface area contributed by atoms with Crippen molar-refractivity contribution in [1.29, 1.82) is 0 Å². The van der Waals surface area contributed by atoms with Gasteiger partial charge >= 0.3 is 0 Å². The van der Waals surface area contributed by atoms with Gasteiger partial charge in [0.05, 0.1) is 6.61 Å². The molecule has 1 saturated heterocycles. The van der Waals surface area contributed by atoms with E-state index in [0.29, 0.717) is 0 Å². The Balaban J connectivity index is 2.62. The number of hydrogen-bond acceptors (Lipinski definition) is 3. The van der Waals surface area contributed by atoms with Crippen molar-refractivity contribution in [3.8, 4) is 0 Å². The van der Waals surface area contributed by atoms with Crippen LogP contribution in [0.2, 0.25) is 0 Å². The summed E-state index contributed by atoms with van der Waals surface area (Å²) >= 11 is 0. The number of ether oxygens (including phenoxy) is 1. The predicted octanol–water partition coefficient (Wildman–Crippen LogP) is 1.86. The molecule has 0 amide bonds. The molecule has 1 aliphatic heterocycles. The molecule has 1 heterocycles. The van der Waals surface area contributed by atoms with E-state index in [4.69, 9.17) is 10.5 Å². The van der Waals surface area contributed by atoms with Gasteiger partial charge in [0.15, 0.2) is 0 Å². The molecule has 1 atom stereocenters. The summed E-state index contributed by atoms with van der Waals surface area (Å²) in [5, 5.41) is 0. The Hall–Kier alpha value is -0.120. The molecule has 0 bridgehead atoms. The predicted molar refractivity (Wildman–Crippen MR) is 68.5 cm³/mol. The van der Waals surface area contributed by atoms with Crippen molar-refractivity contribution in [3.63, 3.8) is 0 Å². The second-order valence-corrected chi connectivity index (χ2v) is 5.88.